The molecule has 0 fully saturated rings. The van der Waals surface area contributed by atoms with Gasteiger partial charge in [0, 0.05) is 29.9 Å². The van der Waals surface area contributed by atoms with Gasteiger partial charge in [-0.05, 0) is 42.8 Å². The Balaban J connectivity index is 0.00000338. The summed E-state index contributed by atoms with van der Waals surface area (Å²) in [6.07, 6.45) is 0.870. The molecule has 0 aromatic heterocycles. The zero-order valence-corrected chi connectivity index (χ0v) is 16.0. The smallest absolute Gasteiger partial charge is 0.255 e. The van der Waals surface area contributed by atoms with E-state index in [-0.39, 0.29) is 24.2 Å². The summed E-state index contributed by atoms with van der Waals surface area (Å²) in [5.74, 6) is -0.391. The number of nitrogens with one attached hydrogen (secondary N) is 3. The van der Waals surface area contributed by atoms with Crippen molar-refractivity contribution in [2.24, 2.45) is 0 Å². The first-order valence-corrected chi connectivity index (χ1v) is 8.64. The molecule has 0 saturated heterocycles. The second-order valence-corrected chi connectivity index (χ2v) is 5.73. The molecular weight excluding hydrogens is 350 g/mol. The van der Waals surface area contributed by atoms with Crippen molar-refractivity contribution in [3.63, 3.8) is 0 Å². The van der Waals surface area contributed by atoms with Crippen molar-refractivity contribution in [1.82, 2.24) is 10.6 Å². The first kappa shape index (κ1) is 21.7. The van der Waals surface area contributed by atoms with Crippen LogP contribution in [0.3, 0.4) is 0 Å². The maximum atomic E-state index is 12.6. The maximum Gasteiger partial charge on any atom is 0.255 e. The lowest BCUT2D eigenvalue weighted by Gasteiger charge is -2.12. The van der Waals surface area contributed by atoms with Crippen LogP contribution < -0.4 is 16.0 Å². The van der Waals surface area contributed by atoms with Crippen LogP contribution in [0.25, 0.3) is 0 Å². The van der Waals surface area contributed by atoms with Gasteiger partial charge < -0.3 is 16.0 Å². The average Bonchev–Trinajstić information content (AvgIpc) is 2.65. The SMILES string of the molecule is CCCNC(=O)c1cccc(C(=O)Nc2ccccc2CNCC)c1.Cl. The fourth-order valence-corrected chi connectivity index (χ4v) is 2.39. The number of amides is 2. The molecule has 2 aromatic carbocycles. The molecule has 0 heterocycles. The number of carbonyl (C=O) groups is 2. The normalized spacial score (nSPS) is 9.92. The van der Waals surface area contributed by atoms with E-state index >= 15 is 0 Å². The van der Waals surface area contributed by atoms with Crippen molar-refractivity contribution in [2.75, 3.05) is 18.4 Å². The van der Waals surface area contributed by atoms with Crippen LogP contribution in [0.15, 0.2) is 48.5 Å². The molecule has 2 aromatic rings. The van der Waals surface area contributed by atoms with Crippen molar-refractivity contribution < 1.29 is 9.59 Å². The summed E-state index contributed by atoms with van der Waals surface area (Å²) >= 11 is 0. The van der Waals surface area contributed by atoms with Crippen molar-refractivity contribution in [3.05, 3.63) is 65.2 Å². The quantitative estimate of drug-likeness (QED) is 0.660. The van der Waals surface area contributed by atoms with Crippen LogP contribution in [0.4, 0.5) is 5.69 Å². The van der Waals surface area contributed by atoms with Crippen LogP contribution >= 0.6 is 12.4 Å². The molecule has 0 aliphatic heterocycles. The largest absolute Gasteiger partial charge is 0.352 e. The molecule has 3 N–H and O–H groups in total. The van der Waals surface area contributed by atoms with Crippen molar-refractivity contribution >= 4 is 29.9 Å². The van der Waals surface area contributed by atoms with Crippen molar-refractivity contribution in [3.8, 4) is 0 Å². The number of hydrogen-bond acceptors (Lipinski definition) is 3. The van der Waals surface area contributed by atoms with Crippen LogP contribution in [-0.2, 0) is 6.54 Å². The molecule has 5 nitrogen and oxygen atoms in total. The van der Waals surface area contributed by atoms with Gasteiger partial charge in [-0.1, -0.05) is 38.1 Å². The molecule has 0 spiro atoms. The minimum atomic E-state index is -0.228. The van der Waals surface area contributed by atoms with E-state index in [1.165, 1.54) is 0 Å². The van der Waals surface area contributed by atoms with Crippen molar-refractivity contribution in [2.45, 2.75) is 26.8 Å². The first-order chi connectivity index (χ1) is 12.2. The molecule has 0 atom stereocenters. The highest BCUT2D eigenvalue weighted by Gasteiger charge is 2.12. The molecule has 0 bridgehead atoms. The Kier molecular flexibility index (Phi) is 9.41. The summed E-state index contributed by atoms with van der Waals surface area (Å²) in [4.78, 5) is 24.6. The molecule has 26 heavy (non-hydrogen) atoms. The van der Waals surface area contributed by atoms with Gasteiger partial charge in [-0.25, -0.2) is 0 Å². The fourth-order valence-electron chi connectivity index (χ4n) is 2.39. The van der Waals surface area contributed by atoms with Crippen molar-refractivity contribution in [1.29, 1.82) is 0 Å². The Morgan fingerprint density at radius 3 is 2.31 bits per heavy atom. The van der Waals surface area contributed by atoms with Crippen LogP contribution in [-0.4, -0.2) is 24.9 Å². The van der Waals surface area contributed by atoms with Gasteiger partial charge in [-0.2, -0.15) is 0 Å². The number of rotatable bonds is 8. The van der Waals surface area contributed by atoms with Gasteiger partial charge in [0.25, 0.3) is 11.8 Å². The van der Waals surface area contributed by atoms with E-state index in [0.29, 0.717) is 24.2 Å². The summed E-state index contributed by atoms with van der Waals surface area (Å²) in [5.41, 5.74) is 2.74. The Bertz CT molecular complexity index is 735. The Morgan fingerprint density at radius 2 is 1.62 bits per heavy atom. The van der Waals surface area contributed by atoms with Gasteiger partial charge in [0.2, 0.25) is 0 Å². The van der Waals surface area contributed by atoms with Gasteiger partial charge in [0.1, 0.15) is 0 Å². The van der Waals surface area contributed by atoms with Gasteiger partial charge in [0.05, 0.1) is 0 Å². The topological polar surface area (TPSA) is 70.2 Å². The third kappa shape index (κ3) is 6.17. The molecule has 0 unspecified atom stereocenters. The molecule has 140 valence electrons. The Hall–Kier alpha value is -2.37. The highest BCUT2D eigenvalue weighted by atomic mass is 35.5. The van der Waals surface area contributed by atoms with E-state index in [9.17, 15) is 9.59 Å². The number of halogens is 1. The summed E-state index contributed by atoms with van der Waals surface area (Å²) in [7, 11) is 0. The molecule has 2 amide bonds. The predicted molar refractivity (Wildman–Crippen MR) is 108 cm³/mol. The second-order valence-electron chi connectivity index (χ2n) is 5.73. The number of carbonyl (C=O) groups excluding carboxylic acids is 2. The van der Waals surface area contributed by atoms with Crippen LogP contribution in [0.2, 0.25) is 0 Å². The predicted octanol–water partition coefficient (Wildman–Crippen LogP) is 3.61. The molecule has 6 heteroatoms. The van der Waals surface area contributed by atoms with E-state index in [0.717, 1.165) is 24.2 Å². The van der Waals surface area contributed by atoms with E-state index in [1.54, 1.807) is 24.3 Å². The summed E-state index contributed by atoms with van der Waals surface area (Å²) in [5, 5.41) is 9.01. The van der Waals surface area contributed by atoms with Gasteiger partial charge in [0.15, 0.2) is 0 Å². The minimum Gasteiger partial charge on any atom is -0.352 e. The Labute approximate surface area is 161 Å². The van der Waals surface area contributed by atoms with E-state index in [1.807, 2.05) is 38.1 Å². The molecule has 2 rings (SSSR count). The third-order valence-corrected chi connectivity index (χ3v) is 3.75. The standard InChI is InChI=1S/C20H25N3O2.ClH/c1-3-12-22-19(24)15-9-7-10-16(13-15)20(25)23-18-11-6-5-8-17(18)14-21-4-2;/h5-11,13,21H,3-4,12,14H2,1-2H3,(H,22,24)(H,23,25);1H. The fraction of sp³-hybridized carbons (Fsp3) is 0.300. The zero-order valence-electron chi connectivity index (χ0n) is 15.2. The zero-order chi connectivity index (χ0) is 18.1. The summed E-state index contributed by atoms with van der Waals surface area (Å²) in [6, 6.07) is 14.4. The average molecular weight is 376 g/mol. The minimum absolute atomic E-state index is 0. The number of anilines is 1. The lowest BCUT2D eigenvalue weighted by atomic mass is 10.1. The second kappa shape index (κ2) is 11.3. The highest BCUT2D eigenvalue weighted by Crippen LogP contribution is 2.16. The van der Waals surface area contributed by atoms with Gasteiger partial charge >= 0.3 is 0 Å². The first-order valence-electron chi connectivity index (χ1n) is 8.64. The number of para-hydroxylation sites is 1. The maximum absolute atomic E-state index is 12.6. The third-order valence-electron chi connectivity index (χ3n) is 3.75. The number of hydrogen-bond donors (Lipinski definition) is 3. The number of benzene rings is 2. The van der Waals surface area contributed by atoms with Gasteiger partial charge in [-0.3, -0.25) is 9.59 Å². The lowest BCUT2D eigenvalue weighted by Crippen LogP contribution is -2.24. The van der Waals surface area contributed by atoms with Gasteiger partial charge in [-0.15, -0.1) is 12.4 Å². The van der Waals surface area contributed by atoms with E-state index in [2.05, 4.69) is 16.0 Å². The van der Waals surface area contributed by atoms with Crippen LogP contribution in [0, 0.1) is 0 Å². The van der Waals surface area contributed by atoms with E-state index in [4.69, 9.17) is 0 Å². The molecule has 0 saturated carbocycles. The van der Waals surface area contributed by atoms with Crippen LogP contribution in [0.5, 0.6) is 0 Å². The van der Waals surface area contributed by atoms with E-state index < -0.39 is 0 Å². The molecular formula is C20H26ClN3O2. The summed E-state index contributed by atoms with van der Waals surface area (Å²) in [6.45, 7) is 6.20. The summed E-state index contributed by atoms with van der Waals surface area (Å²) < 4.78 is 0. The molecule has 0 radical (unpaired) electrons. The molecule has 0 aliphatic rings. The van der Waals surface area contributed by atoms with Crippen LogP contribution in [0.1, 0.15) is 46.5 Å². The Morgan fingerprint density at radius 1 is 0.923 bits per heavy atom. The monoisotopic (exact) mass is 375 g/mol. The highest BCUT2D eigenvalue weighted by molar-refractivity contribution is 6.06. The lowest BCUT2D eigenvalue weighted by molar-refractivity contribution is 0.0953. The molecule has 0 aliphatic carbocycles.